The molecule has 10 nitrogen and oxygen atoms in total. The molecular weight excluding hydrogens is 518 g/mol. The standard InChI is InChI=1S/C24H23F4N3O7/c1-11-4-3-5-13(8-11)30-24(37)23(36)29-12(2)22(35)31-16(6-7-18(33)34)17(32)10-38-21-19(27)14(25)9-15(26)20(21)28/h3-5,8-9,12,16H,6-7,10H2,1-2H3,(H,29,36)(H,30,37)(H,31,35)(H,33,34)/t12-,16-/m0/s1. The summed E-state index contributed by atoms with van der Waals surface area (Å²) in [7, 11) is 0. The van der Waals surface area contributed by atoms with E-state index in [4.69, 9.17) is 5.11 Å². The van der Waals surface area contributed by atoms with Crippen LogP contribution >= 0.6 is 0 Å². The molecule has 0 unspecified atom stereocenters. The third kappa shape index (κ3) is 8.28. The van der Waals surface area contributed by atoms with Crippen LogP contribution in [0.4, 0.5) is 23.2 Å². The third-order valence-corrected chi connectivity index (χ3v) is 5.01. The first-order valence-electron chi connectivity index (χ1n) is 11.0. The van der Waals surface area contributed by atoms with Gasteiger partial charge in [0.2, 0.25) is 17.5 Å². The molecule has 14 heteroatoms. The molecule has 0 heterocycles. The summed E-state index contributed by atoms with van der Waals surface area (Å²) in [4.78, 5) is 60.3. The second kappa shape index (κ2) is 13.2. The maximum absolute atomic E-state index is 13.8. The van der Waals surface area contributed by atoms with E-state index in [1.807, 2.05) is 0 Å². The van der Waals surface area contributed by atoms with Crippen molar-refractivity contribution in [3.63, 3.8) is 0 Å². The van der Waals surface area contributed by atoms with Gasteiger partial charge < -0.3 is 25.8 Å². The Balaban J connectivity index is 2.03. The van der Waals surface area contributed by atoms with Crippen LogP contribution in [-0.2, 0) is 24.0 Å². The number of carboxylic acid groups (broad SMARTS) is 1. The van der Waals surface area contributed by atoms with E-state index in [0.29, 0.717) is 5.69 Å². The second-order valence-corrected chi connectivity index (χ2v) is 8.06. The summed E-state index contributed by atoms with van der Waals surface area (Å²) < 4.78 is 58.8. The molecule has 3 amide bonds. The summed E-state index contributed by atoms with van der Waals surface area (Å²) in [6.07, 6.45) is -1.13. The molecule has 0 aliphatic rings. The van der Waals surface area contributed by atoms with E-state index >= 15 is 0 Å². The first-order chi connectivity index (χ1) is 17.8. The van der Waals surface area contributed by atoms with E-state index < -0.39 is 90.0 Å². The molecular formula is C24H23F4N3O7. The van der Waals surface area contributed by atoms with Gasteiger partial charge in [-0.1, -0.05) is 12.1 Å². The zero-order valence-corrected chi connectivity index (χ0v) is 20.1. The molecule has 38 heavy (non-hydrogen) atoms. The van der Waals surface area contributed by atoms with Crippen molar-refractivity contribution in [1.82, 2.24) is 10.6 Å². The smallest absolute Gasteiger partial charge is 0.313 e. The molecule has 0 saturated carbocycles. The maximum Gasteiger partial charge on any atom is 0.313 e. The molecule has 0 saturated heterocycles. The minimum absolute atomic E-state index is 0.0634. The highest BCUT2D eigenvalue weighted by molar-refractivity contribution is 6.40. The van der Waals surface area contributed by atoms with E-state index in [2.05, 4.69) is 20.7 Å². The summed E-state index contributed by atoms with van der Waals surface area (Å²) >= 11 is 0. The van der Waals surface area contributed by atoms with Gasteiger partial charge in [-0.3, -0.25) is 24.0 Å². The number of Topliss-reactive ketones (excluding diaryl/α,β-unsaturated/α-hetero) is 1. The zero-order chi connectivity index (χ0) is 28.6. The molecule has 2 atom stereocenters. The van der Waals surface area contributed by atoms with Crippen LogP contribution in [0.25, 0.3) is 0 Å². The van der Waals surface area contributed by atoms with Gasteiger partial charge in [0.15, 0.2) is 23.2 Å². The molecule has 0 aliphatic heterocycles. The Hall–Kier alpha value is -4.49. The third-order valence-electron chi connectivity index (χ3n) is 5.01. The number of amides is 3. The van der Waals surface area contributed by atoms with Crippen LogP contribution in [0.5, 0.6) is 5.75 Å². The molecule has 0 spiro atoms. The number of halogens is 4. The van der Waals surface area contributed by atoms with Crippen LogP contribution in [0.3, 0.4) is 0 Å². The van der Waals surface area contributed by atoms with Crippen molar-refractivity contribution in [3.8, 4) is 5.75 Å². The molecule has 2 aromatic carbocycles. The number of hydrogen-bond acceptors (Lipinski definition) is 6. The molecule has 2 rings (SSSR count). The normalized spacial score (nSPS) is 12.2. The SMILES string of the molecule is Cc1cccc(NC(=O)C(=O)N[C@@H](C)C(=O)N[C@@H](CCC(=O)O)C(=O)COc2c(F)c(F)cc(F)c2F)c1. The lowest BCUT2D eigenvalue weighted by molar-refractivity contribution is -0.139. The average molecular weight is 541 g/mol. The lowest BCUT2D eigenvalue weighted by Gasteiger charge is -2.20. The van der Waals surface area contributed by atoms with E-state index in [0.717, 1.165) is 5.56 Å². The Labute approximate surface area is 213 Å². The number of hydrogen-bond donors (Lipinski definition) is 4. The number of aliphatic carboxylic acids is 1. The fraction of sp³-hybridized carbons (Fsp3) is 0.292. The van der Waals surface area contributed by atoms with Gasteiger partial charge in [0.05, 0.1) is 6.04 Å². The molecule has 2 aromatic rings. The minimum atomic E-state index is -1.90. The number of rotatable bonds is 11. The summed E-state index contributed by atoms with van der Waals surface area (Å²) in [6, 6.07) is 3.49. The van der Waals surface area contributed by atoms with E-state index in [9.17, 15) is 41.5 Å². The van der Waals surface area contributed by atoms with Gasteiger partial charge in [0, 0.05) is 18.2 Å². The largest absolute Gasteiger partial charge is 0.481 e. The first kappa shape index (κ1) is 29.7. The van der Waals surface area contributed by atoms with Gasteiger partial charge in [-0.15, -0.1) is 0 Å². The van der Waals surface area contributed by atoms with Crippen molar-refractivity contribution < 1.29 is 51.4 Å². The lowest BCUT2D eigenvalue weighted by atomic mass is 10.1. The molecule has 0 bridgehead atoms. The summed E-state index contributed by atoms with van der Waals surface area (Å²) in [5.41, 5.74) is 1.14. The van der Waals surface area contributed by atoms with Crippen LogP contribution in [0, 0.1) is 30.2 Å². The van der Waals surface area contributed by atoms with Crippen molar-refractivity contribution in [1.29, 1.82) is 0 Å². The van der Waals surface area contributed by atoms with Gasteiger partial charge in [0.25, 0.3) is 0 Å². The van der Waals surface area contributed by atoms with Gasteiger partial charge in [0.1, 0.15) is 12.6 Å². The quantitative estimate of drug-likeness (QED) is 0.193. The predicted octanol–water partition coefficient (Wildman–Crippen LogP) is 1.99. The molecule has 204 valence electrons. The number of benzene rings is 2. The highest BCUT2D eigenvalue weighted by atomic mass is 19.2. The number of carbonyl (C=O) groups is 5. The van der Waals surface area contributed by atoms with Gasteiger partial charge in [-0.25, -0.2) is 8.78 Å². The number of carboxylic acids is 1. The summed E-state index contributed by atoms with van der Waals surface area (Å²) in [5.74, 6) is -14.6. The van der Waals surface area contributed by atoms with Crippen molar-refractivity contribution in [2.45, 2.75) is 38.8 Å². The van der Waals surface area contributed by atoms with E-state index in [1.54, 1.807) is 25.1 Å². The first-order valence-corrected chi connectivity index (χ1v) is 11.0. The summed E-state index contributed by atoms with van der Waals surface area (Å²) in [5, 5.41) is 15.5. The van der Waals surface area contributed by atoms with Crippen LogP contribution in [0.15, 0.2) is 30.3 Å². The van der Waals surface area contributed by atoms with Crippen LogP contribution in [0.1, 0.15) is 25.3 Å². The van der Waals surface area contributed by atoms with Crippen LogP contribution in [0.2, 0.25) is 0 Å². The fourth-order valence-electron chi connectivity index (χ4n) is 3.04. The Morgan fingerprint density at radius 3 is 2.16 bits per heavy atom. The van der Waals surface area contributed by atoms with E-state index in [-0.39, 0.29) is 6.07 Å². The van der Waals surface area contributed by atoms with Gasteiger partial charge in [-0.05, 0) is 38.0 Å². The Morgan fingerprint density at radius 2 is 1.58 bits per heavy atom. The molecule has 4 N–H and O–H groups in total. The Bertz CT molecular complexity index is 1230. The lowest BCUT2D eigenvalue weighted by Crippen LogP contribution is -2.52. The van der Waals surface area contributed by atoms with E-state index in [1.165, 1.54) is 13.0 Å². The van der Waals surface area contributed by atoms with Crippen molar-refractivity contribution in [2.24, 2.45) is 0 Å². The monoisotopic (exact) mass is 541 g/mol. The summed E-state index contributed by atoms with van der Waals surface area (Å²) in [6.45, 7) is 1.74. The molecule has 0 radical (unpaired) electrons. The average Bonchev–Trinajstić information content (AvgIpc) is 2.84. The van der Waals surface area contributed by atoms with Gasteiger partial charge in [-0.2, -0.15) is 8.78 Å². The molecule has 0 fully saturated rings. The highest BCUT2D eigenvalue weighted by Gasteiger charge is 2.28. The number of aryl methyl sites for hydroxylation is 1. The number of carbonyl (C=O) groups excluding carboxylic acids is 4. The number of anilines is 1. The van der Waals surface area contributed by atoms with Gasteiger partial charge >= 0.3 is 17.8 Å². The number of ether oxygens (including phenoxy) is 1. The van der Waals surface area contributed by atoms with Crippen molar-refractivity contribution in [3.05, 3.63) is 59.2 Å². The van der Waals surface area contributed by atoms with Crippen molar-refractivity contribution >= 4 is 35.2 Å². The maximum atomic E-state index is 13.8. The van der Waals surface area contributed by atoms with Crippen molar-refractivity contribution in [2.75, 3.05) is 11.9 Å². The van der Waals surface area contributed by atoms with Crippen LogP contribution < -0.4 is 20.7 Å². The fourth-order valence-corrected chi connectivity index (χ4v) is 3.04. The topological polar surface area (TPSA) is 151 Å². The number of nitrogens with one attached hydrogen (secondary N) is 3. The van der Waals surface area contributed by atoms with Crippen LogP contribution in [-0.4, -0.2) is 53.3 Å². The molecule has 0 aromatic heterocycles. The Morgan fingerprint density at radius 1 is 0.947 bits per heavy atom. The number of ketones is 1. The zero-order valence-electron chi connectivity index (χ0n) is 20.1. The Kier molecular flexibility index (Phi) is 10.3. The molecule has 0 aliphatic carbocycles. The minimum Gasteiger partial charge on any atom is -0.481 e. The second-order valence-electron chi connectivity index (χ2n) is 8.06. The highest BCUT2D eigenvalue weighted by Crippen LogP contribution is 2.26. The predicted molar refractivity (Wildman–Crippen MR) is 123 cm³/mol.